The SMILES string of the molecule is CN(C)C(=O)[C@]12CCCN(C(=O)c3ccncc3)C[C@H]1CN(c1ccccn1)C2. The lowest BCUT2D eigenvalue weighted by Gasteiger charge is -2.34. The minimum absolute atomic E-state index is 0.0109. The Morgan fingerprint density at radius 1 is 1.10 bits per heavy atom. The predicted molar refractivity (Wildman–Crippen MR) is 110 cm³/mol. The van der Waals surface area contributed by atoms with Crippen LogP contribution >= 0.6 is 0 Å². The molecule has 4 heterocycles. The van der Waals surface area contributed by atoms with Crippen LogP contribution in [0.25, 0.3) is 0 Å². The van der Waals surface area contributed by atoms with Crippen molar-refractivity contribution in [3.63, 3.8) is 0 Å². The van der Waals surface area contributed by atoms with Crippen molar-refractivity contribution in [2.24, 2.45) is 11.3 Å². The average molecular weight is 393 g/mol. The van der Waals surface area contributed by atoms with Gasteiger partial charge in [0.2, 0.25) is 5.91 Å². The standard InChI is InChI=1S/C22H27N5O2/c1-25(2)21(29)22-9-5-13-26(20(28)17-7-11-23-12-8-17)14-18(22)15-27(16-22)19-6-3-4-10-24-19/h3-4,6-8,10-12,18H,5,9,13-16H2,1-2H3/t18-,22-/m0/s1. The number of anilines is 1. The van der Waals surface area contributed by atoms with Gasteiger partial charge in [0.1, 0.15) is 5.82 Å². The highest BCUT2D eigenvalue weighted by molar-refractivity contribution is 5.94. The van der Waals surface area contributed by atoms with Crippen molar-refractivity contribution in [1.82, 2.24) is 19.8 Å². The fraction of sp³-hybridized carbons (Fsp3) is 0.455. The zero-order valence-corrected chi connectivity index (χ0v) is 17.0. The summed E-state index contributed by atoms with van der Waals surface area (Å²) in [6.45, 7) is 2.60. The quantitative estimate of drug-likeness (QED) is 0.797. The number of rotatable bonds is 3. The molecule has 2 aromatic rings. The molecule has 0 radical (unpaired) electrons. The van der Waals surface area contributed by atoms with Crippen molar-refractivity contribution >= 4 is 17.6 Å². The van der Waals surface area contributed by atoms with Gasteiger partial charge in [0.05, 0.1) is 5.41 Å². The fourth-order valence-corrected chi connectivity index (χ4v) is 4.80. The first-order valence-corrected chi connectivity index (χ1v) is 10.1. The smallest absolute Gasteiger partial charge is 0.253 e. The molecule has 152 valence electrons. The van der Waals surface area contributed by atoms with Crippen LogP contribution in [0.2, 0.25) is 0 Å². The first-order chi connectivity index (χ1) is 14.0. The number of fused-ring (bicyclic) bond motifs is 1. The summed E-state index contributed by atoms with van der Waals surface area (Å²) in [5.74, 6) is 1.11. The highest BCUT2D eigenvalue weighted by Crippen LogP contribution is 2.45. The van der Waals surface area contributed by atoms with Gasteiger partial charge in [-0.1, -0.05) is 6.07 Å². The van der Waals surface area contributed by atoms with E-state index in [0.717, 1.165) is 25.2 Å². The van der Waals surface area contributed by atoms with Crippen LogP contribution in [-0.2, 0) is 4.79 Å². The number of carbonyl (C=O) groups is 2. The Hall–Kier alpha value is -2.96. The van der Waals surface area contributed by atoms with Gasteiger partial charge in [-0.3, -0.25) is 14.6 Å². The van der Waals surface area contributed by atoms with E-state index >= 15 is 0 Å². The van der Waals surface area contributed by atoms with E-state index in [1.54, 1.807) is 35.6 Å². The molecule has 7 nitrogen and oxygen atoms in total. The minimum atomic E-state index is -0.492. The van der Waals surface area contributed by atoms with Gasteiger partial charge in [-0.25, -0.2) is 4.98 Å². The molecule has 0 N–H and O–H groups in total. The van der Waals surface area contributed by atoms with Gasteiger partial charge in [0, 0.05) is 70.3 Å². The van der Waals surface area contributed by atoms with E-state index in [0.29, 0.717) is 25.2 Å². The van der Waals surface area contributed by atoms with Crippen molar-refractivity contribution in [3.8, 4) is 0 Å². The van der Waals surface area contributed by atoms with Gasteiger partial charge < -0.3 is 14.7 Å². The Bertz CT molecular complexity index is 873. The molecule has 0 aliphatic carbocycles. The molecule has 2 aliphatic heterocycles. The normalized spacial score (nSPS) is 24.0. The predicted octanol–water partition coefficient (Wildman–Crippen LogP) is 1.92. The molecule has 2 amide bonds. The lowest BCUT2D eigenvalue weighted by atomic mass is 9.74. The topological polar surface area (TPSA) is 69.6 Å². The van der Waals surface area contributed by atoms with Crippen LogP contribution in [0.15, 0.2) is 48.9 Å². The third-order valence-corrected chi connectivity index (χ3v) is 6.21. The molecule has 29 heavy (non-hydrogen) atoms. The second kappa shape index (κ2) is 7.81. The van der Waals surface area contributed by atoms with Crippen LogP contribution in [0.3, 0.4) is 0 Å². The summed E-state index contributed by atoms with van der Waals surface area (Å²) in [6, 6.07) is 9.35. The Morgan fingerprint density at radius 3 is 2.59 bits per heavy atom. The number of nitrogens with zero attached hydrogens (tertiary/aromatic N) is 5. The molecule has 0 unspecified atom stereocenters. The van der Waals surface area contributed by atoms with Crippen LogP contribution in [0, 0.1) is 11.3 Å². The molecular formula is C22H27N5O2. The first kappa shape index (κ1) is 19.4. The van der Waals surface area contributed by atoms with Crippen molar-refractivity contribution in [2.75, 3.05) is 45.2 Å². The second-order valence-corrected chi connectivity index (χ2v) is 8.21. The summed E-state index contributed by atoms with van der Waals surface area (Å²) in [7, 11) is 3.64. The van der Waals surface area contributed by atoms with Gasteiger partial charge in [0.25, 0.3) is 5.91 Å². The van der Waals surface area contributed by atoms with Crippen molar-refractivity contribution in [2.45, 2.75) is 12.8 Å². The summed E-state index contributed by atoms with van der Waals surface area (Å²) in [4.78, 5) is 40.7. The van der Waals surface area contributed by atoms with Crippen LogP contribution in [0.5, 0.6) is 0 Å². The van der Waals surface area contributed by atoms with Crippen molar-refractivity contribution < 1.29 is 9.59 Å². The molecule has 0 saturated carbocycles. The maximum Gasteiger partial charge on any atom is 0.253 e. The monoisotopic (exact) mass is 393 g/mol. The highest BCUT2D eigenvalue weighted by Gasteiger charge is 2.54. The molecule has 0 bridgehead atoms. The third-order valence-electron chi connectivity index (χ3n) is 6.21. The van der Waals surface area contributed by atoms with Crippen molar-refractivity contribution in [1.29, 1.82) is 0 Å². The number of pyridine rings is 2. The summed E-state index contributed by atoms with van der Waals surface area (Å²) >= 11 is 0. The largest absolute Gasteiger partial charge is 0.355 e. The zero-order valence-electron chi connectivity index (χ0n) is 17.0. The Kier molecular flexibility index (Phi) is 5.22. The third kappa shape index (κ3) is 3.57. The summed E-state index contributed by atoms with van der Waals surface area (Å²) in [5.41, 5.74) is 0.153. The van der Waals surface area contributed by atoms with E-state index in [1.165, 1.54) is 0 Å². The lowest BCUT2D eigenvalue weighted by molar-refractivity contribution is -0.141. The number of amides is 2. The zero-order chi connectivity index (χ0) is 20.4. The van der Waals surface area contributed by atoms with Crippen molar-refractivity contribution in [3.05, 3.63) is 54.5 Å². The molecule has 2 fully saturated rings. The number of hydrogen-bond donors (Lipinski definition) is 0. The molecule has 2 atom stereocenters. The molecule has 0 spiro atoms. The lowest BCUT2D eigenvalue weighted by Crippen LogP contribution is -2.47. The molecular weight excluding hydrogens is 366 g/mol. The summed E-state index contributed by atoms with van der Waals surface area (Å²) in [5, 5.41) is 0. The minimum Gasteiger partial charge on any atom is -0.355 e. The Balaban J connectivity index is 1.64. The van der Waals surface area contributed by atoms with Gasteiger partial charge in [-0.2, -0.15) is 0 Å². The summed E-state index contributed by atoms with van der Waals surface area (Å²) < 4.78 is 0. The summed E-state index contributed by atoms with van der Waals surface area (Å²) in [6.07, 6.45) is 6.65. The van der Waals surface area contributed by atoms with Gasteiger partial charge in [-0.05, 0) is 37.1 Å². The van der Waals surface area contributed by atoms with E-state index in [-0.39, 0.29) is 17.7 Å². The van der Waals surface area contributed by atoms with Gasteiger partial charge in [0.15, 0.2) is 0 Å². The number of carbonyl (C=O) groups excluding carboxylic acids is 2. The number of hydrogen-bond acceptors (Lipinski definition) is 5. The molecule has 0 aromatic carbocycles. The van der Waals surface area contributed by atoms with Gasteiger partial charge in [-0.15, -0.1) is 0 Å². The first-order valence-electron chi connectivity index (χ1n) is 10.1. The van der Waals surface area contributed by atoms with Crippen LogP contribution in [0.4, 0.5) is 5.82 Å². The molecule has 2 aromatic heterocycles. The number of aromatic nitrogens is 2. The van der Waals surface area contributed by atoms with E-state index in [1.807, 2.05) is 37.2 Å². The molecule has 2 aliphatic rings. The van der Waals surface area contributed by atoms with Crippen LogP contribution in [0.1, 0.15) is 23.2 Å². The second-order valence-electron chi connectivity index (χ2n) is 8.21. The van der Waals surface area contributed by atoms with E-state index in [2.05, 4.69) is 14.9 Å². The maximum absolute atomic E-state index is 13.3. The van der Waals surface area contributed by atoms with Gasteiger partial charge >= 0.3 is 0 Å². The number of likely N-dealkylation sites (tertiary alicyclic amines) is 1. The molecule has 4 rings (SSSR count). The van der Waals surface area contributed by atoms with Crippen LogP contribution in [-0.4, -0.2) is 71.9 Å². The van der Waals surface area contributed by atoms with E-state index in [4.69, 9.17) is 0 Å². The molecule has 7 heteroatoms. The van der Waals surface area contributed by atoms with Crippen LogP contribution < -0.4 is 4.90 Å². The average Bonchev–Trinajstić information content (AvgIpc) is 3.02. The highest BCUT2D eigenvalue weighted by atomic mass is 16.2. The van der Waals surface area contributed by atoms with E-state index in [9.17, 15) is 9.59 Å². The molecule has 2 saturated heterocycles. The van der Waals surface area contributed by atoms with E-state index < -0.39 is 5.41 Å². The maximum atomic E-state index is 13.3. The fourth-order valence-electron chi connectivity index (χ4n) is 4.80. The Labute approximate surface area is 171 Å². The Morgan fingerprint density at radius 2 is 1.90 bits per heavy atom.